The van der Waals surface area contributed by atoms with E-state index in [4.69, 9.17) is 0 Å². The van der Waals surface area contributed by atoms with Crippen LogP contribution in [0.25, 0.3) is 10.7 Å². The van der Waals surface area contributed by atoms with Crippen LogP contribution in [-0.2, 0) is 4.79 Å². The van der Waals surface area contributed by atoms with Crippen LogP contribution >= 0.6 is 11.3 Å². The first-order chi connectivity index (χ1) is 17.5. The number of aromatic nitrogens is 3. The summed E-state index contributed by atoms with van der Waals surface area (Å²) in [4.78, 5) is 44.4. The predicted octanol–water partition coefficient (Wildman–Crippen LogP) is 5.83. The summed E-state index contributed by atoms with van der Waals surface area (Å²) in [5, 5.41) is 0.673. The molecule has 0 aliphatic carbocycles. The van der Waals surface area contributed by atoms with Crippen LogP contribution in [0.1, 0.15) is 53.7 Å². The summed E-state index contributed by atoms with van der Waals surface area (Å²) in [7, 11) is 0. The van der Waals surface area contributed by atoms with Gasteiger partial charge in [-0.15, -0.1) is 11.3 Å². The maximum Gasteiger partial charge on any atom is 0.270 e. The second kappa shape index (κ2) is 9.99. The Hall–Kier alpha value is -3.91. The number of carbonyl (C=O) groups excluding carboxylic acids is 2. The third kappa shape index (κ3) is 4.28. The van der Waals surface area contributed by atoms with Gasteiger partial charge < -0.3 is 9.80 Å². The van der Waals surface area contributed by atoms with Gasteiger partial charge in [-0.3, -0.25) is 19.6 Å². The van der Waals surface area contributed by atoms with E-state index in [1.165, 1.54) is 11.3 Å². The molecule has 0 saturated carbocycles. The normalized spacial score (nSPS) is 16.9. The Morgan fingerprint density at radius 2 is 1.83 bits per heavy atom. The molecule has 2 atom stereocenters. The van der Waals surface area contributed by atoms with Crippen LogP contribution in [0.5, 0.6) is 0 Å². The number of hydrogen-bond acceptors (Lipinski definition) is 6. The standard InChI is InChI=1S/C28H27N5O2S/c1-4-20-16-25(32(19(3)34)21-10-6-5-7-11-21)22-12-8-9-13-24(22)33(20)28(35)26-18(2)31-27(36-26)23-17-29-14-15-30-23/h5-15,17,20,25H,4,16H2,1-3H3/t20-,25+/m1/s1. The summed E-state index contributed by atoms with van der Waals surface area (Å²) in [6.07, 6.45) is 6.29. The van der Waals surface area contributed by atoms with Crippen molar-refractivity contribution in [2.75, 3.05) is 9.80 Å². The zero-order valence-corrected chi connectivity index (χ0v) is 21.3. The molecule has 7 nitrogen and oxygen atoms in total. The number of benzene rings is 2. The lowest BCUT2D eigenvalue weighted by Crippen LogP contribution is -2.48. The zero-order valence-electron chi connectivity index (χ0n) is 20.5. The van der Waals surface area contributed by atoms with Crippen LogP contribution in [0.3, 0.4) is 0 Å². The molecule has 3 heterocycles. The lowest BCUT2D eigenvalue weighted by Gasteiger charge is -2.44. The highest BCUT2D eigenvalue weighted by molar-refractivity contribution is 7.17. The molecule has 0 spiro atoms. The molecule has 0 bridgehead atoms. The molecule has 36 heavy (non-hydrogen) atoms. The molecule has 5 rings (SSSR count). The average Bonchev–Trinajstić information content (AvgIpc) is 3.30. The fourth-order valence-corrected chi connectivity index (χ4v) is 5.90. The number of carbonyl (C=O) groups is 2. The monoisotopic (exact) mass is 497 g/mol. The van der Waals surface area contributed by atoms with Crippen molar-refractivity contribution in [1.82, 2.24) is 15.0 Å². The Labute approximate surface area is 214 Å². The molecule has 0 radical (unpaired) electrons. The molecule has 0 N–H and O–H groups in total. The summed E-state index contributed by atoms with van der Waals surface area (Å²) in [6, 6.07) is 17.4. The summed E-state index contributed by atoms with van der Waals surface area (Å²) in [5.74, 6) is -0.102. The summed E-state index contributed by atoms with van der Waals surface area (Å²) < 4.78 is 0. The first-order valence-corrected chi connectivity index (χ1v) is 12.8. The summed E-state index contributed by atoms with van der Waals surface area (Å²) >= 11 is 1.34. The third-order valence-corrected chi connectivity index (χ3v) is 7.73. The van der Waals surface area contributed by atoms with Crippen molar-refractivity contribution in [3.05, 3.63) is 89.3 Å². The Kier molecular flexibility index (Phi) is 6.61. The van der Waals surface area contributed by atoms with E-state index in [-0.39, 0.29) is 23.9 Å². The lowest BCUT2D eigenvalue weighted by atomic mass is 9.88. The fourth-order valence-electron chi connectivity index (χ4n) is 4.94. The number of thiazole rings is 1. The predicted molar refractivity (Wildman–Crippen MR) is 142 cm³/mol. The Morgan fingerprint density at radius 1 is 1.08 bits per heavy atom. The second-order valence-electron chi connectivity index (χ2n) is 8.80. The molecule has 4 aromatic rings. The van der Waals surface area contributed by atoms with E-state index in [2.05, 4.69) is 21.9 Å². The van der Waals surface area contributed by atoms with Gasteiger partial charge in [-0.2, -0.15) is 0 Å². The lowest BCUT2D eigenvalue weighted by molar-refractivity contribution is -0.117. The van der Waals surface area contributed by atoms with E-state index in [1.807, 2.05) is 71.3 Å². The maximum atomic E-state index is 14.1. The number of para-hydroxylation sites is 2. The van der Waals surface area contributed by atoms with Crippen LogP contribution in [0.4, 0.5) is 11.4 Å². The maximum absolute atomic E-state index is 14.1. The first kappa shape index (κ1) is 23.8. The van der Waals surface area contributed by atoms with Crippen molar-refractivity contribution < 1.29 is 9.59 Å². The van der Waals surface area contributed by atoms with E-state index < -0.39 is 0 Å². The SMILES string of the molecule is CC[C@@H]1C[C@H](N(C(C)=O)c2ccccc2)c2ccccc2N1C(=O)c1sc(-c2cnccn2)nc1C. The van der Waals surface area contributed by atoms with Crippen molar-refractivity contribution in [2.45, 2.75) is 45.7 Å². The summed E-state index contributed by atoms with van der Waals surface area (Å²) in [6.45, 7) is 5.54. The van der Waals surface area contributed by atoms with Gasteiger partial charge in [0.25, 0.3) is 5.91 Å². The van der Waals surface area contributed by atoms with E-state index >= 15 is 0 Å². The minimum atomic E-state index is -0.173. The van der Waals surface area contributed by atoms with Crippen molar-refractivity contribution >= 4 is 34.5 Å². The molecular formula is C28H27N5O2S. The van der Waals surface area contributed by atoms with Gasteiger partial charge in [-0.25, -0.2) is 4.98 Å². The number of amides is 2. The average molecular weight is 498 g/mol. The highest BCUT2D eigenvalue weighted by Crippen LogP contribution is 2.44. The van der Waals surface area contributed by atoms with Crippen LogP contribution in [0, 0.1) is 6.92 Å². The van der Waals surface area contributed by atoms with E-state index in [9.17, 15) is 9.59 Å². The van der Waals surface area contributed by atoms with Gasteiger partial charge in [0.15, 0.2) is 0 Å². The third-order valence-electron chi connectivity index (χ3n) is 6.56. The molecular weight excluding hydrogens is 470 g/mol. The molecule has 0 unspecified atom stereocenters. The molecule has 0 fully saturated rings. The van der Waals surface area contributed by atoms with Crippen LogP contribution in [0.2, 0.25) is 0 Å². The number of nitrogens with zero attached hydrogens (tertiary/aromatic N) is 5. The number of rotatable bonds is 5. The van der Waals surface area contributed by atoms with Crippen LogP contribution < -0.4 is 9.80 Å². The second-order valence-corrected chi connectivity index (χ2v) is 9.80. The van der Waals surface area contributed by atoms with Crippen molar-refractivity contribution in [3.63, 3.8) is 0 Å². The first-order valence-electron chi connectivity index (χ1n) is 12.0. The smallest absolute Gasteiger partial charge is 0.270 e. The van der Waals surface area contributed by atoms with Crippen molar-refractivity contribution in [1.29, 1.82) is 0 Å². The molecule has 2 aromatic carbocycles. The number of fused-ring (bicyclic) bond motifs is 1. The molecule has 1 aliphatic rings. The fraction of sp³-hybridized carbons (Fsp3) is 0.250. The van der Waals surface area contributed by atoms with Crippen molar-refractivity contribution in [3.8, 4) is 10.7 Å². The summed E-state index contributed by atoms with van der Waals surface area (Å²) in [5.41, 5.74) is 3.98. The van der Waals surface area contributed by atoms with Gasteiger partial charge in [0, 0.05) is 36.7 Å². The van der Waals surface area contributed by atoms with E-state index in [1.54, 1.807) is 25.5 Å². The Balaban J connectivity index is 1.57. The van der Waals surface area contributed by atoms with E-state index in [0.29, 0.717) is 27.7 Å². The Bertz CT molecular complexity index is 1390. The van der Waals surface area contributed by atoms with Crippen LogP contribution in [0.15, 0.2) is 73.2 Å². The molecule has 2 aromatic heterocycles. The molecule has 182 valence electrons. The van der Waals surface area contributed by atoms with E-state index in [0.717, 1.165) is 23.4 Å². The number of aryl methyl sites for hydroxylation is 1. The largest absolute Gasteiger partial charge is 0.305 e. The highest BCUT2D eigenvalue weighted by atomic mass is 32.1. The number of anilines is 2. The van der Waals surface area contributed by atoms with Gasteiger partial charge in [-0.1, -0.05) is 43.3 Å². The molecule has 2 amide bonds. The quantitative estimate of drug-likeness (QED) is 0.347. The highest BCUT2D eigenvalue weighted by Gasteiger charge is 2.40. The molecule has 8 heteroatoms. The zero-order chi connectivity index (χ0) is 25.2. The van der Waals surface area contributed by atoms with Crippen LogP contribution in [-0.4, -0.2) is 32.8 Å². The number of hydrogen-bond donors (Lipinski definition) is 0. The van der Waals surface area contributed by atoms with Gasteiger partial charge in [0.1, 0.15) is 15.6 Å². The molecule has 0 saturated heterocycles. The molecule has 1 aliphatic heterocycles. The minimum absolute atomic E-state index is 0.0254. The van der Waals surface area contributed by atoms with Gasteiger partial charge >= 0.3 is 0 Å². The van der Waals surface area contributed by atoms with Gasteiger partial charge in [-0.05, 0) is 43.5 Å². The van der Waals surface area contributed by atoms with Crippen molar-refractivity contribution in [2.24, 2.45) is 0 Å². The van der Waals surface area contributed by atoms with Gasteiger partial charge in [0.05, 0.1) is 17.9 Å². The van der Waals surface area contributed by atoms with Gasteiger partial charge in [0.2, 0.25) is 5.91 Å². The minimum Gasteiger partial charge on any atom is -0.305 e. The topological polar surface area (TPSA) is 79.3 Å². The Morgan fingerprint density at radius 3 is 2.53 bits per heavy atom.